The molecule has 16 heavy (non-hydrogen) atoms. The molecule has 4 rings (SSSR count). The third kappa shape index (κ3) is 1.16. The summed E-state index contributed by atoms with van der Waals surface area (Å²) < 4.78 is 0. The van der Waals surface area contributed by atoms with Crippen molar-refractivity contribution in [3.8, 4) is 0 Å². The van der Waals surface area contributed by atoms with Crippen molar-refractivity contribution in [2.75, 3.05) is 0 Å². The van der Waals surface area contributed by atoms with E-state index in [-0.39, 0.29) is 0 Å². The van der Waals surface area contributed by atoms with Crippen LogP contribution in [0.1, 0.15) is 12.0 Å². The van der Waals surface area contributed by atoms with Gasteiger partial charge in [0, 0.05) is 0 Å². The van der Waals surface area contributed by atoms with E-state index in [4.69, 9.17) is 0 Å². The number of benzene rings is 1. The maximum absolute atomic E-state index is 2.46. The maximum atomic E-state index is 2.46. The highest BCUT2D eigenvalue weighted by molar-refractivity contribution is 5.50. The second-order valence-electron chi connectivity index (χ2n) is 5.45. The molecule has 0 aromatic heterocycles. The summed E-state index contributed by atoms with van der Waals surface area (Å²) in [6.07, 6.45) is 11.1. The van der Waals surface area contributed by atoms with Crippen molar-refractivity contribution in [1.29, 1.82) is 0 Å². The summed E-state index contributed by atoms with van der Waals surface area (Å²) in [5.41, 5.74) is 1.34. The van der Waals surface area contributed by atoms with E-state index < -0.39 is 0 Å². The molecule has 0 radical (unpaired) electrons. The van der Waals surface area contributed by atoms with Crippen molar-refractivity contribution in [1.82, 2.24) is 0 Å². The predicted molar refractivity (Wildman–Crippen MR) is 66.7 cm³/mol. The van der Waals surface area contributed by atoms with Crippen LogP contribution in [0.25, 0.3) is 6.08 Å². The van der Waals surface area contributed by atoms with Crippen LogP contribution in [0.3, 0.4) is 0 Å². The fourth-order valence-corrected chi connectivity index (χ4v) is 3.90. The van der Waals surface area contributed by atoms with Crippen LogP contribution < -0.4 is 0 Å². The van der Waals surface area contributed by atoms with Crippen LogP contribution in [0.4, 0.5) is 0 Å². The topological polar surface area (TPSA) is 0 Å². The molecule has 0 nitrogen and oxygen atoms in total. The van der Waals surface area contributed by atoms with Gasteiger partial charge >= 0.3 is 0 Å². The zero-order chi connectivity index (χ0) is 10.5. The highest BCUT2D eigenvalue weighted by atomic mass is 14.7. The van der Waals surface area contributed by atoms with E-state index in [0.29, 0.717) is 0 Å². The van der Waals surface area contributed by atoms with Gasteiger partial charge in [-0.05, 0) is 41.6 Å². The van der Waals surface area contributed by atoms with Gasteiger partial charge in [0.1, 0.15) is 0 Å². The second-order valence-corrected chi connectivity index (χ2v) is 5.45. The van der Waals surface area contributed by atoms with E-state index in [0.717, 1.165) is 29.6 Å². The molecule has 0 heterocycles. The van der Waals surface area contributed by atoms with Crippen molar-refractivity contribution < 1.29 is 0 Å². The third-order valence-electron chi connectivity index (χ3n) is 4.64. The first-order valence-corrected chi connectivity index (χ1v) is 6.35. The van der Waals surface area contributed by atoms with Crippen LogP contribution >= 0.6 is 0 Å². The Labute approximate surface area is 96.7 Å². The Morgan fingerprint density at radius 1 is 0.938 bits per heavy atom. The van der Waals surface area contributed by atoms with E-state index in [9.17, 15) is 0 Å². The molecule has 80 valence electrons. The zero-order valence-corrected chi connectivity index (χ0v) is 9.29. The Morgan fingerprint density at radius 3 is 2.31 bits per heavy atom. The molecule has 3 aliphatic rings. The molecule has 0 heteroatoms. The molecule has 4 atom stereocenters. The zero-order valence-electron chi connectivity index (χ0n) is 9.29. The van der Waals surface area contributed by atoms with Gasteiger partial charge in [-0.2, -0.15) is 0 Å². The number of allylic oxidation sites excluding steroid dienone is 3. The minimum atomic E-state index is 0.874. The molecule has 3 aliphatic carbocycles. The van der Waals surface area contributed by atoms with Gasteiger partial charge in [-0.15, -0.1) is 0 Å². The summed E-state index contributed by atoms with van der Waals surface area (Å²) in [6, 6.07) is 10.7. The number of hydrogen-bond acceptors (Lipinski definition) is 0. The summed E-state index contributed by atoms with van der Waals surface area (Å²) >= 11 is 0. The van der Waals surface area contributed by atoms with Crippen LogP contribution in [0, 0.1) is 29.6 Å². The third-order valence-corrected chi connectivity index (χ3v) is 4.64. The molecule has 2 saturated carbocycles. The van der Waals surface area contributed by atoms with E-state index in [1.807, 2.05) is 0 Å². The van der Waals surface area contributed by atoms with E-state index in [1.54, 1.807) is 0 Å². The Bertz CT molecular complexity index is 436. The van der Waals surface area contributed by atoms with Crippen molar-refractivity contribution in [2.24, 2.45) is 29.6 Å². The summed E-state index contributed by atoms with van der Waals surface area (Å²) in [5.74, 6) is 4.70. The van der Waals surface area contributed by atoms with E-state index >= 15 is 0 Å². The average molecular weight is 208 g/mol. The molecule has 2 bridgehead atoms. The maximum Gasteiger partial charge on any atom is -0.0156 e. The standard InChI is InChI=1S/C16H16/c1-2-4-11(5-3-1)6-9-14-15-12-7-8-13(10-12)16(14)15/h1-9,12-16H,10H2/b9-6+. The largest absolute Gasteiger partial charge is 0.0848 e. The predicted octanol–water partition coefficient (Wildman–Crippen LogP) is 3.77. The SMILES string of the molecule is C1=CC2CC1C1C(/C=C/c3ccccc3)C21. The van der Waals surface area contributed by atoms with Gasteiger partial charge in [0.2, 0.25) is 0 Å². The molecule has 2 fully saturated rings. The van der Waals surface area contributed by atoms with Crippen LogP contribution in [-0.2, 0) is 0 Å². The fraction of sp³-hybridized carbons (Fsp3) is 0.375. The van der Waals surface area contributed by atoms with Crippen LogP contribution in [0.2, 0.25) is 0 Å². The lowest BCUT2D eigenvalue weighted by Crippen LogP contribution is -1.96. The summed E-state index contributed by atoms with van der Waals surface area (Å²) in [4.78, 5) is 0. The lowest BCUT2D eigenvalue weighted by molar-refractivity contribution is 0.530. The Kier molecular flexibility index (Phi) is 1.71. The highest BCUT2D eigenvalue weighted by Gasteiger charge is 2.61. The van der Waals surface area contributed by atoms with Gasteiger partial charge in [-0.3, -0.25) is 0 Å². The minimum absolute atomic E-state index is 0.874. The second kappa shape index (κ2) is 3.10. The minimum Gasteiger partial charge on any atom is -0.0848 e. The van der Waals surface area contributed by atoms with Gasteiger partial charge in [-0.1, -0.05) is 54.6 Å². The smallest absolute Gasteiger partial charge is 0.0156 e. The summed E-state index contributed by atoms with van der Waals surface area (Å²) in [7, 11) is 0. The summed E-state index contributed by atoms with van der Waals surface area (Å²) in [6.45, 7) is 0. The molecular formula is C16H16. The molecule has 0 amide bonds. The molecule has 0 saturated heterocycles. The average Bonchev–Trinajstić information content (AvgIpc) is 2.72. The lowest BCUT2D eigenvalue weighted by atomic mass is 10.0. The van der Waals surface area contributed by atoms with Crippen molar-refractivity contribution in [2.45, 2.75) is 6.42 Å². The van der Waals surface area contributed by atoms with Gasteiger partial charge in [0.25, 0.3) is 0 Å². The molecule has 0 aliphatic heterocycles. The quantitative estimate of drug-likeness (QED) is 0.649. The van der Waals surface area contributed by atoms with Gasteiger partial charge < -0.3 is 0 Å². The van der Waals surface area contributed by atoms with Crippen molar-refractivity contribution in [3.05, 3.63) is 54.1 Å². The normalized spacial score (nSPS) is 42.9. The van der Waals surface area contributed by atoms with Crippen LogP contribution in [0.5, 0.6) is 0 Å². The van der Waals surface area contributed by atoms with Crippen molar-refractivity contribution >= 4 is 6.08 Å². The first-order valence-electron chi connectivity index (χ1n) is 6.35. The Hall–Kier alpha value is -1.30. The molecule has 1 aromatic rings. The molecule has 1 aromatic carbocycles. The molecule has 4 unspecified atom stereocenters. The van der Waals surface area contributed by atoms with Crippen LogP contribution in [-0.4, -0.2) is 0 Å². The van der Waals surface area contributed by atoms with Gasteiger partial charge in [-0.25, -0.2) is 0 Å². The monoisotopic (exact) mass is 208 g/mol. The van der Waals surface area contributed by atoms with Gasteiger partial charge in [0.15, 0.2) is 0 Å². The number of fused-ring (bicyclic) bond motifs is 5. The Balaban J connectivity index is 1.50. The first kappa shape index (κ1) is 8.81. The van der Waals surface area contributed by atoms with Crippen molar-refractivity contribution in [3.63, 3.8) is 0 Å². The Morgan fingerprint density at radius 2 is 1.62 bits per heavy atom. The van der Waals surface area contributed by atoms with Gasteiger partial charge in [0.05, 0.1) is 0 Å². The number of rotatable bonds is 2. The van der Waals surface area contributed by atoms with E-state index in [1.165, 1.54) is 12.0 Å². The van der Waals surface area contributed by atoms with E-state index in [2.05, 4.69) is 54.6 Å². The lowest BCUT2D eigenvalue weighted by Gasteiger charge is -2.04. The molecule has 0 spiro atoms. The summed E-state index contributed by atoms with van der Waals surface area (Å²) in [5, 5.41) is 0. The highest BCUT2D eigenvalue weighted by Crippen LogP contribution is 2.67. The fourth-order valence-electron chi connectivity index (χ4n) is 3.90. The molecular weight excluding hydrogens is 192 g/mol. The van der Waals surface area contributed by atoms with Crippen LogP contribution in [0.15, 0.2) is 48.6 Å². The molecule has 0 N–H and O–H groups in total. The first-order chi connectivity index (χ1) is 7.93. The number of hydrogen-bond donors (Lipinski definition) is 0.